The van der Waals surface area contributed by atoms with Gasteiger partial charge in [-0.25, -0.2) is 4.98 Å². The van der Waals surface area contributed by atoms with Crippen LogP contribution in [0.25, 0.3) is 33.3 Å². The van der Waals surface area contributed by atoms with Crippen molar-refractivity contribution in [2.75, 3.05) is 0 Å². The van der Waals surface area contributed by atoms with E-state index in [2.05, 4.69) is 78.9 Å². The average Bonchev–Trinajstić information content (AvgIpc) is 2.68. The number of nitrogens with zero attached hydrogens (tertiary/aromatic N) is 1. The Balaban J connectivity index is 1.82. The molecule has 3 aromatic carbocycles. The van der Waals surface area contributed by atoms with Gasteiger partial charge < -0.3 is 5.73 Å². The summed E-state index contributed by atoms with van der Waals surface area (Å²) in [7, 11) is 0. The Bertz CT molecular complexity index is 974. The third-order valence-electron chi connectivity index (χ3n) is 4.30. The van der Waals surface area contributed by atoms with E-state index in [4.69, 9.17) is 10.7 Å². The standard InChI is InChI=1S/C22H18N2/c23-15-16-9-11-18(12-10-16)21-14-13-20-19(7-4-8-22(20)24-21)17-5-2-1-3-6-17/h1-14H,15,23H2. The molecule has 24 heavy (non-hydrogen) atoms. The molecule has 0 saturated heterocycles. The van der Waals surface area contributed by atoms with Gasteiger partial charge in [0.25, 0.3) is 0 Å². The zero-order chi connectivity index (χ0) is 16.4. The molecule has 0 bridgehead atoms. The van der Waals surface area contributed by atoms with Crippen LogP contribution in [0, 0.1) is 0 Å². The van der Waals surface area contributed by atoms with Crippen LogP contribution in [0.4, 0.5) is 0 Å². The quantitative estimate of drug-likeness (QED) is 0.576. The number of hydrogen-bond donors (Lipinski definition) is 1. The average molecular weight is 310 g/mol. The van der Waals surface area contributed by atoms with Crippen LogP contribution < -0.4 is 5.73 Å². The van der Waals surface area contributed by atoms with E-state index in [1.54, 1.807) is 0 Å². The lowest BCUT2D eigenvalue weighted by atomic mass is 9.99. The van der Waals surface area contributed by atoms with Gasteiger partial charge in [0.05, 0.1) is 11.2 Å². The number of pyridine rings is 1. The zero-order valence-corrected chi connectivity index (χ0v) is 13.3. The summed E-state index contributed by atoms with van der Waals surface area (Å²) < 4.78 is 0. The van der Waals surface area contributed by atoms with Gasteiger partial charge >= 0.3 is 0 Å². The van der Waals surface area contributed by atoms with Crippen molar-refractivity contribution in [1.82, 2.24) is 4.98 Å². The number of benzene rings is 3. The lowest BCUT2D eigenvalue weighted by Crippen LogP contribution is -1.95. The molecule has 0 amide bonds. The van der Waals surface area contributed by atoms with E-state index in [9.17, 15) is 0 Å². The van der Waals surface area contributed by atoms with Gasteiger partial charge in [-0.3, -0.25) is 0 Å². The molecule has 0 saturated carbocycles. The topological polar surface area (TPSA) is 38.9 Å². The van der Waals surface area contributed by atoms with Gasteiger partial charge in [-0.1, -0.05) is 72.8 Å². The molecule has 2 heteroatoms. The van der Waals surface area contributed by atoms with Crippen LogP contribution >= 0.6 is 0 Å². The SMILES string of the molecule is NCc1ccc(-c2ccc3c(-c4ccccc4)cccc3n2)cc1. The minimum absolute atomic E-state index is 0.561. The third-order valence-corrected chi connectivity index (χ3v) is 4.30. The van der Waals surface area contributed by atoms with Crippen molar-refractivity contribution in [2.24, 2.45) is 5.73 Å². The van der Waals surface area contributed by atoms with E-state index < -0.39 is 0 Å². The predicted molar refractivity (Wildman–Crippen MR) is 101 cm³/mol. The molecule has 0 spiro atoms. The van der Waals surface area contributed by atoms with Crippen molar-refractivity contribution in [2.45, 2.75) is 6.54 Å². The van der Waals surface area contributed by atoms with Gasteiger partial charge in [-0.15, -0.1) is 0 Å². The van der Waals surface area contributed by atoms with Crippen LogP contribution in [0.15, 0.2) is 84.9 Å². The van der Waals surface area contributed by atoms with Gasteiger partial charge in [0.1, 0.15) is 0 Å². The third kappa shape index (κ3) is 2.68. The maximum Gasteiger partial charge on any atom is 0.0715 e. The second kappa shape index (κ2) is 6.26. The highest BCUT2D eigenvalue weighted by Crippen LogP contribution is 2.29. The summed E-state index contributed by atoms with van der Waals surface area (Å²) in [4.78, 5) is 4.86. The number of nitrogens with two attached hydrogens (primary N) is 1. The summed E-state index contributed by atoms with van der Waals surface area (Å²) in [5.74, 6) is 0. The minimum Gasteiger partial charge on any atom is -0.326 e. The Hall–Kier alpha value is -2.97. The first-order chi connectivity index (χ1) is 11.8. The Kier molecular flexibility index (Phi) is 3.81. The predicted octanol–water partition coefficient (Wildman–Crippen LogP) is 5.03. The van der Waals surface area contributed by atoms with Crippen LogP contribution in [0.2, 0.25) is 0 Å². The van der Waals surface area contributed by atoms with E-state index in [1.165, 1.54) is 16.5 Å². The normalized spacial score (nSPS) is 10.9. The van der Waals surface area contributed by atoms with Crippen molar-refractivity contribution in [3.05, 3.63) is 90.5 Å². The van der Waals surface area contributed by atoms with Gasteiger partial charge in [-0.05, 0) is 28.8 Å². The fourth-order valence-corrected chi connectivity index (χ4v) is 3.00. The number of aromatic nitrogens is 1. The fraction of sp³-hybridized carbons (Fsp3) is 0.0455. The lowest BCUT2D eigenvalue weighted by Gasteiger charge is -2.09. The summed E-state index contributed by atoms with van der Waals surface area (Å²) in [6, 6.07) is 29.2. The van der Waals surface area contributed by atoms with Crippen LogP contribution in [-0.2, 0) is 6.54 Å². The molecular weight excluding hydrogens is 292 g/mol. The van der Waals surface area contributed by atoms with Crippen molar-refractivity contribution in [3.63, 3.8) is 0 Å². The van der Waals surface area contributed by atoms with Crippen molar-refractivity contribution >= 4 is 10.9 Å². The molecule has 0 aliphatic heterocycles. The molecule has 116 valence electrons. The molecule has 0 aliphatic carbocycles. The Morgan fingerprint density at radius 2 is 1.46 bits per heavy atom. The molecule has 1 heterocycles. The molecule has 0 fully saturated rings. The monoisotopic (exact) mass is 310 g/mol. The van der Waals surface area contributed by atoms with Crippen molar-refractivity contribution in [1.29, 1.82) is 0 Å². The summed E-state index contributed by atoms with van der Waals surface area (Å²) in [5, 5.41) is 1.17. The second-order valence-electron chi connectivity index (χ2n) is 5.84. The fourth-order valence-electron chi connectivity index (χ4n) is 3.00. The van der Waals surface area contributed by atoms with E-state index in [0.717, 1.165) is 22.3 Å². The molecule has 0 aliphatic rings. The van der Waals surface area contributed by atoms with Crippen LogP contribution in [-0.4, -0.2) is 4.98 Å². The van der Waals surface area contributed by atoms with E-state index >= 15 is 0 Å². The largest absolute Gasteiger partial charge is 0.326 e. The highest BCUT2D eigenvalue weighted by atomic mass is 14.7. The Morgan fingerprint density at radius 3 is 2.21 bits per heavy atom. The summed E-state index contributed by atoms with van der Waals surface area (Å²) in [6.07, 6.45) is 0. The van der Waals surface area contributed by atoms with Gasteiger partial charge in [0.2, 0.25) is 0 Å². The summed E-state index contributed by atoms with van der Waals surface area (Å²) in [5.41, 5.74) is 12.3. The second-order valence-corrected chi connectivity index (χ2v) is 5.84. The van der Waals surface area contributed by atoms with Crippen LogP contribution in [0.1, 0.15) is 5.56 Å². The first kappa shape index (κ1) is 14.6. The molecule has 0 unspecified atom stereocenters. The maximum atomic E-state index is 5.67. The van der Waals surface area contributed by atoms with Gasteiger partial charge in [-0.2, -0.15) is 0 Å². The summed E-state index contributed by atoms with van der Waals surface area (Å²) in [6.45, 7) is 0.561. The Labute approximate surface area is 141 Å². The molecule has 2 nitrogen and oxygen atoms in total. The van der Waals surface area contributed by atoms with Crippen LogP contribution in [0.5, 0.6) is 0 Å². The van der Waals surface area contributed by atoms with E-state index in [-0.39, 0.29) is 0 Å². The van der Waals surface area contributed by atoms with Crippen LogP contribution in [0.3, 0.4) is 0 Å². The molecule has 1 aromatic heterocycles. The van der Waals surface area contributed by atoms with E-state index in [0.29, 0.717) is 6.54 Å². The van der Waals surface area contributed by atoms with E-state index in [1.807, 2.05) is 6.07 Å². The van der Waals surface area contributed by atoms with Gasteiger partial charge in [0, 0.05) is 17.5 Å². The molecule has 0 radical (unpaired) electrons. The first-order valence-corrected chi connectivity index (χ1v) is 8.10. The number of rotatable bonds is 3. The minimum atomic E-state index is 0.561. The smallest absolute Gasteiger partial charge is 0.0715 e. The Morgan fingerprint density at radius 1 is 0.667 bits per heavy atom. The number of fused-ring (bicyclic) bond motifs is 1. The molecule has 4 rings (SSSR count). The molecule has 4 aromatic rings. The summed E-state index contributed by atoms with van der Waals surface area (Å²) >= 11 is 0. The lowest BCUT2D eigenvalue weighted by molar-refractivity contribution is 1.07. The first-order valence-electron chi connectivity index (χ1n) is 8.10. The zero-order valence-electron chi connectivity index (χ0n) is 13.3. The molecule has 2 N–H and O–H groups in total. The maximum absolute atomic E-state index is 5.67. The van der Waals surface area contributed by atoms with Gasteiger partial charge in [0.15, 0.2) is 0 Å². The molecular formula is C22H18N2. The highest BCUT2D eigenvalue weighted by molar-refractivity contribution is 5.95. The van der Waals surface area contributed by atoms with Crippen molar-refractivity contribution < 1.29 is 0 Å². The van der Waals surface area contributed by atoms with Crippen molar-refractivity contribution in [3.8, 4) is 22.4 Å². The number of hydrogen-bond acceptors (Lipinski definition) is 2. The molecule has 0 atom stereocenters. The highest BCUT2D eigenvalue weighted by Gasteiger charge is 2.06.